The van der Waals surface area contributed by atoms with Gasteiger partial charge in [0.05, 0.1) is 12.7 Å². The van der Waals surface area contributed by atoms with Crippen molar-refractivity contribution in [3.05, 3.63) is 88.0 Å². The predicted molar refractivity (Wildman–Crippen MR) is 130 cm³/mol. The van der Waals surface area contributed by atoms with Gasteiger partial charge in [0.2, 0.25) is 0 Å². The molecule has 0 saturated heterocycles. The van der Waals surface area contributed by atoms with Gasteiger partial charge in [-0.05, 0) is 68.4 Å². The highest BCUT2D eigenvalue weighted by atomic mass is 19.1. The Hall–Kier alpha value is -3.41. The number of halogens is 1. The maximum atomic E-state index is 13.8. The number of Topliss-reactive ketones (excluding diaryl/α,β-unsaturated/α-hetero) is 1. The second-order valence-electron chi connectivity index (χ2n) is 9.62. The van der Waals surface area contributed by atoms with E-state index in [1.54, 1.807) is 19.2 Å². The van der Waals surface area contributed by atoms with Crippen molar-refractivity contribution in [2.45, 2.75) is 63.4 Å². The number of hydrogen-bond acceptors (Lipinski definition) is 5. The molecule has 0 bridgehead atoms. The minimum absolute atomic E-state index is 0.0253. The molecular weight excluding hydrogens is 445 g/mol. The van der Waals surface area contributed by atoms with Gasteiger partial charge in [0.1, 0.15) is 17.7 Å². The SMILES string of the molecule is COc1ccccc1C1CC(=O)C2=C(C1)NC(C)=C(C(=O)OC1CCCC1)C2c1ccc(F)cc1. The van der Waals surface area contributed by atoms with Crippen LogP contribution in [0.4, 0.5) is 4.39 Å². The Bertz CT molecular complexity index is 1210. The Morgan fingerprint density at radius 1 is 1.03 bits per heavy atom. The molecule has 1 fully saturated rings. The van der Waals surface area contributed by atoms with Crippen LogP contribution in [0, 0.1) is 5.82 Å². The fraction of sp³-hybridized carbons (Fsp3) is 0.379. The first-order valence-corrected chi connectivity index (χ1v) is 12.3. The number of hydrogen-bond donors (Lipinski definition) is 1. The van der Waals surface area contributed by atoms with Crippen LogP contribution in [-0.4, -0.2) is 25.0 Å². The van der Waals surface area contributed by atoms with Crippen LogP contribution < -0.4 is 10.1 Å². The third-order valence-electron chi connectivity index (χ3n) is 7.41. The summed E-state index contributed by atoms with van der Waals surface area (Å²) >= 11 is 0. The minimum Gasteiger partial charge on any atom is -0.496 e. The van der Waals surface area contributed by atoms with E-state index in [0.29, 0.717) is 35.2 Å². The summed E-state index contributed by atoms with van der Waals surface area (Å²) in [5.74, 6) is -0.664. The third kappa shape index (κ3) is 4.49. The maximum Gasteiger partial charge on any atom is 0.337 e. The Labute approximate surface area is 205 Å². The molecule has 0 aromatic heterocycles. The van der Waals surface area contributed by atoms with Crippen LogP contribution in [0.3, 0.4) is 0 Å². The highest BCUT2D eigenvalue weighted by Gasteiger charge is 2.42. The molecule has 35 heavy (non-hydrogen) atoms. The zero-order valence-electron chi connectivity index (χ0n) is 20.1. The highest BCUT2D eigenvalue weighted by Crippen LogP contribution is 2.47. The summed E-state index contributed by atoms with van der Waals surface area (Å²) < 4.78 is 25.2. The lowest BCUT2D eigenvalue weighted by Crippen LogP contribution is -2.36. The molecule has 1 saturated carbocycles. The number of methoxy groups -OCH3 is 1. The molecule has 5 nitrogen and oxygen atoms in total. The zero-order valence-corrected chi connectivity index (χ0v) is 20.1. The summed E-state index contributed by atoms with van der Waals surface area (Å²) in [6.45, 7) is 1.85. The van der Waals surface area contributed by atoms with Crippen LogP contribution in [0.5, 0.6) is 5.75 Å². The highest BCUT2D eigenvalue weighted by molar-refractivity contribution is 6.04. The average molecular weight is 476 g/mol. The van der Waals surface area contributed by atoms with Gasteiger partial charge in [-0.2, -0.15) is 0 Å². The standard InChI is InChI=1S/C29H30FNO4/c1-17-26(29(33)35-21-7-3-4-8-21)27(18-11-13-20(30)14-12-18)28-23(31-17)15-19(16-24(28)32)22-9-5-6-10-25(22)34-2/h5-6,9-14,19,21,27,31H,3-4,7-8,15-16H2,1-2H3. The van der Waals surface area contributed by atoms with Crippen molar-refractivity contribution in [2.75, 3.05) is 7.11 Å². The molecule has 2 unspecified atom stereocenters. The molecule has 2 aliphatic carbocycles. The largest absolute Gasteiger partial charge is 0.496 e. The first-order valence-electron chi connectivity index (χ1n) is 12.3. The molecule has 1 aliphatic heterocycles. The van der Waals surface area contributed by atoms with Crippen molar-refractivity contribution in [1.82, 2.24) is 5.32 Å². The molecule has 3 aliphatic rings. The van der Waals surface area contributed by atoms with Gasteiger partial charge < -0.3 is 14.8 Å². The molecule has 1 heterocycles. The van der Waals surface area contributed by atoms with Gasteiger partial charge in [0.15, 0.2) is 5.78 Å². The van der Waals surface area contributed by atoms with Crippen LogP contribution in [0.2, 0.25) is 0 Å². The average Bonchev–Trinajstić information content (AvgIpc) is 3.36. The van der Waals surface area contributed by atoms with Gasteiger partial charge in [-0.25, -0.2) is 9.18 Å². The molecule has 5 rings (SSSR count). The molecule has 0 spiro atoms. The number of ketones is 1. The first kappa shape index (κ1) is 23.3. The summed E-state index contributed by atoms with van der Waals surface area (Å²) in [6.07, 6.45) is 4.65. The lowest BCUT2D eigenvalue weighted by Gasteiger charge is -2.37. The second kappa shape index (κ2) is 9.68. The number of ether oxygens (including phenoxy) is 2. The second-order valence-corrected chi connectivity index (χ2v) is 9.62. The molecule has 0 amide bonds. The van der Waals surface area contributed by atoms with Crippen molar-refractivity contribution < 1.29 is 23.5 Å². The summed E-state index contributed by atoms with van der Waals surface area (Å²) in [5, 5.41) is 3.38. The summed E-state index contributed by atoms with van der Waals surface area (Å²) in [7, 11) is 1.63. The van der Waals surface area contributed by atoms with E-state index in [-0.39, 0.29) is 23.6 Å². The summed E-state index contributed by atoms with van der Waals surface area (Å²) in [6, 6.07) is 13.8. The van der Waals surface area contributed by atoms with Gasteiger partial charge in [0, 0.05) is 35.2 Å². The van der Waals surface area contributed by atoms with E-state index in [0.717, 1.165) is 42.7 Å². The van der Waals surface area contributed by atoms with Gasteiger partial charge in [0.25, 0.3) is 0 Å². The third-order valence-corrected chi connectivity index (χ3v) is 7.41. The Morgan fingerprint density at radius 2 is 1.74 bits per heavy atom. The van der Waals surface area contributed by atoms with Crippen LogP contribution in [-0.2, 0) is 14.3 Å². The van der Waals surface area contributed by atoms with E-state index in [9.17, 15) is 14.0 Å². The van der Waals surface area contributed by atoms with E-state index >= 15 is 0 Å². The number of benzene rings is 2. The number of carbonyl (C=O) groups is 2. The van der Waals surface area contributed by atoms with Crippen molar-refractivity contribution in [3.8, 4) is 5.75 Å². The van der Waals surface area contributed by atoms with Gasteiger partial charge in [-0.15, -0.1) is 0 Å². The van der Waals surface area contributed by atoms with Gasteiger partial charge in [-0.1, -0.05) is 30.3 Å². The summed E-state index contributed by atoms with van der Waals surface area (Å²) in [4.78, 5) is 27.1. The summed E-state index contributed by atoms with van der Waals surface area (Å²) in [5.41, 5.74) is 4.19. The monoisotopic (exact) mass is 475 g/mol. The van der Waals surface area contributed by atoms with E-state index in [2.05, 4.69) is 5.32 Å². The van der Waals surface area contributed by atoms with E-state index in [4.69, 9.17) is 9.47 Å². The Morgan fingerprint density at radius 3 is 2.46 bits per heavy atom. The normalized spacial score (nSPS) is 22.7. The van der Waals surface area contributed by atoms with Crippen LogP contribution >= 0.6 is 0 Å². The topological polar surface area (TPSA) is 64.6 Å². The number of nitrogens with one attached hydrogen (secondary N) is 1. The molecule has 6 heteroatoms. The zero-order chi connectivity index (χ0) is 24.5. The van der Waals surface area contributed by atoms with Crippen LogP contribution in [0.25, 0.3) is 0 Å². The Kier molecular flexibility index (Phi) is 6.46. The Balaban J connectivity index is 1.54. The molecule has 2 aromatic rings. The first-order chi connectivity index (χ1) is 17.0. The van der Waals surface area contributed by atoms with Crippen LogP contribution in [0.15, 0.2) is 71.1 Å². The molecular formula is C29H30FNO4. The van der Waals surface area contributed by atoms with E-state index in [1.807, 2.05) is 31.2 Å². The maximum absolute atomic E-state index is 13.8. The fourth-order valence-electron chi connectivity index (χ4n) is 5.74. The fourth-order valence-corrected chi connectivity index (χ4v) is 5.74. The molecule has 1 N–H and O–H groups in total. The quantitative estimate of drug-likeness (QED) is 0.564. The van der Waals surface area contributed by atoms with Gasteiger partial charge in [-0.3, -0.25) is 4.79 Å². The molecule has 0 radical (unpaired) electrons. The number of para-hydroxylation sites is 1. The van der Waals surface area contributed by atoms with E-state index < -0.39 is 11.9 Å². The molecule has 2 atom stereocenters. The van der Waals surface area contributed by atoms with Crippen molar-refractivity contribution >= 4 is 11.8 Å². The number of carbonyl (C=O) groups excluding carboxylic acids is 2. The predicted octanol–water partition coefficient (Wildman–Crippen LogP) is 5.68. The van der Waals surface area contributed by atoms with Gasteiger partial charge >= 0.3 is 5.97 Å². The van der Waals surface area contributed by atoms with E-state index in [1.165, 1.54) is 12.1 Å². The number of rotatable bonds is 5. The number of allylic oxidation sites excluding steroid dienone is 3. The number of esters is 1. The molecule has 2 aromatic carbocycles. The van der Waals surface area contributed by atoms with Crippen molar-refractivity contribution in [3.63, 3.8) is 0 Å². The van der Waals surface area contributed by atoms with Crippen LogP contribution in [0.1, 0.15) is 68.4 Å². The lowest BCUT2D eigenvalue weighted by molar-refractivity contribution is -0.144. The number of dihydropyridines is 1. The van der Waals surface area contributed by atoms with Crippen molar-refractivity contribution in [1.29, 1.82) is 0 Å². The smallest absolute Gasteiger partial charge is 0.337 e. The minimum atomic E-state index is -0.591. The lowest BCUT2D eigenvalue weighted by atomic mass is 9.71. The molecule has 182 valence electrons. The van der Waals surface area contributed by atoms with Crippen molar-refractivity contribution in [2.24, 2.45) is 0 Å².